The molecule has 0 radical (unpaired) electrons. The van der Waals surface area contributed by atoms with Gasteiger partial charge in [0.05, 0.1) is 0 Å². The van der Waals surface area contributed by atoms with E-state index in [0.29, 0.717) is 11.4 Å². The first-order chi connectivity index (χ1) is 8.43. The van der Waals surface area contributed by atoms with Crippen LogP contribution < -0.4 is 10.5 Å². The number of carbonyl (C=O) groups excluding carboxylic acids is 1. The third-order valence-corrected chi connectivity index (χ3v) is 2.96. The molecule has 0 heterocycles. The van der Waals surface area contributed by atoms with E-state index in [-0.39, 0.29) is 0 Å². The number of benzene rings is 1. The number of thioether (sulfide) groups is 1. The minimum absolute atomic E-state index is 0.426. The van der Waals surface area contributed by atoms with E-state index in [0.717, 1.165) is 12.2 Å². The number of ether oxygens (including phenoxy) is 2. The summed E-state index contributed by atoms with van der Waals surface area (Å²) in [4.78, 5) is 11.6. The monoisotopic (exact) mass is 269 g/mol. The normalized spacial score (nSPS) is 11.1. The van der Waals surface area contributed by atoms with E-state index in [1.165, 1.54) is 0 Å². The van der Waals surface area contributed by atoms with Crippen molar-refractivity contribution < 1.29 is 14.3 Å². The summed E-state index contributed by atoms with van der Waals surface area (Å²) in [5.74, 6) is 1.36. The second kappa shape index (κ2) is 6.54. The standard InChI is InChI=1S/C13H19NO3S/c1-13(2,8-9-18-3)17-12(15)16-11-6-4-10(14)5-7-11/h4-7H,8-9,14H2,1-3H3. The first-order valence-corrected chi connectivity index (χ1v) is 7.07. The van der Waals surface area contributed by atoms with Crippen molar-refractivity contribution in [2.75, 3.05) is 17.7 Å². The molecule has 0 aliphatic carbocycles. The summed E-state index contributed by atoms with van der Waals surface area (Å²) < 4.78 is 10.3. The smallest absolute Gasteiger partial charge is 0.428 e. The largest absolute Gasteiger partial charge is 0.514 e. The van der Waals surface area contributed by atoms with Crippen molar-refractivity contribution in [1.29, 1.82) is 0 Å². The summed E-state index contributed by atoms with van der Waals surface area (Å²) in [6.45, 7) is 3.74. The van der Waals surface area contributed by atoms with Crippen LogP contribution in [-0.4, -0.2) is 23.8 Å². The lowest BCUT2D eigenvalue weighted by molar-refractivity contribution is 0.00779. The van der Waals surface area contributed by atoms with E-state index in [2.05, 4.69) is 0 Å². The number of nitrogen functional groups attached to an aromatic ring is 1. The summed E-state index contributed by atoms with van der Waals surface area (Å²) in [5.41, 5.74) is 5.64. The molecule has 0 saturated carbocycles. The van der Waals surface area contributed by atoms with Crippen molar-refractivity contribution in [3.05, 3.63) is 24.3 Å². The number of hydrogen-bond acceptors (Lipinski definition) is 5. The summed E-state index contributed by atoms with van der Waals surface area (Å²) in [7, 11) is 0. The van der Waals surface area contributed by atoms with Crippen molar-refractivity contribution >= 4 is 23.6 Å². The Morgan fingerprint density at radius 2 is 1.94 bits per heavy atom. The van der Waals surface area contributed by atoms with E-state index in [1.54, 1.807) is 36.0 Å². The molecule has 0 atom stereocenters. The van der Waals surface area contributed by atoms with Crippen LogP contribution in [0.2, 0.25) is 0 Å². The van der Waals surface area contributed by atoms with Crippen LogP contribution in [0.1, 0.15) is 20.3 Å². The van der Waals surface area contributed by atoms with E-state index >= 15 is 0 Å². The Bertz CT molecular complexity index is 390. The number of nitrogens with two attached hydrogens (primary N) is 1. The minimum atomic E-state index is -0.689. The Balaban J connectivity index is 2.48. The molecule has 2 N–H and O–H groups in total. The molecule has 0 aromatic heterocycles. The first kappa shape index (κ1) is 14.7. The number of anilines is 1. The van der Waals surface area contributed by atoms with Gasteiger partial charge < -0.3 is 15.2 Å². The highest BCUT2D eigenvalue weighted by atomic mass is 32.2. The van der Waals surface area contributed by atoms with Crippen LogP contribution in [0, 0.1) is 0 Å². The highest BCUT2D eigenvalue weighted by Gasteiger charge is 2.23. The molecule has 0 spiro atoms. The van der Waals surface area contributed by atoms with Gasteiger partial charge in [-0.25, -0.2) is 4.79 Å². The lowest BCUT2D eigenvalue weighted by Crippen LogP contribution is -2.30. The number of hydrogen-bond donors (Lipinski definition) is 1. The zero-order valence-electron chi connectivity index (χ0n) is 10.9. The second-order valence-electron chi connectivity index (χ2n) is 4.53. The zero-order chi connectivity index (χ0) is 13.6. The van der Waals surface area contributed by atoms with Crippen molar-refractivity contribution in [2.45, 2.75) is 25.9 Å². The molecule has 0 saturated heterocycles. The van der Waals surface area contributed by atoms with Crippen molar-refractivity contribution in [1.82, 2.24) is 0 Å². The van der Waals surface area contributed by atoms with Gasteiger partial charge in [-0.3, -0.25) is 0 Å². The first-order valence-electron chi connectivity index (χ1n) is 5.68. The maximum absolute atomic E-state index is 11.6. The molecule has 5 heteroatoms. The fourth-order valence-electron chi connectivity index (χ4n) is 1.28. The quantitative estimate of drug-likeness (QED) is 0.505. The predicted octanol–water partition coefficient (Wildman–Crippen LogP) is 3.32. The van der Waals surface area contributed by atoms with Gasteiger partial charge in [0.25, 0.3) is 0 Å². The number of rotatable bonds is 5. The molecule has 0 amide bonds. The Kier molecular flexibility index (Phi) is 5.34. The highest BCUT2D eigenvalue weighted by molar-refractivity contribution is 7.98. The molecule has 0 aliphatic heterocycles. The van der Waals surface area contributed by atoms with Gasteiger partial charge in [-0.2, -0.15) is 11.8 Å². The lowest BCUT2D eigenvalue weighted by Gasteiger charge is -2.23. The maximum Gasteiger partial charge on any atom is 0.514 e. The maximum atomic E-state index is 11.6. The Morgan fingerprint density at radius 3 is 2.50 bits per heavy atom. The van der Waals surface area contributed by atoms with Crippen molar-refractivity contribution in [3.63, 3.8) is 0 Å². The van der Waals surface area contributed by atoms with Crippen LogP contribution in [0.4, 0.5) is 10.5 Å². The molecule has 4 nitrogen and oxygen atoms in total. The SMILES string of the molecule is CSCCC(C)(C)OC(=O)Oc1ccc(N)cc1. The summed E-state index contributed by atoms with van der Waals surface area (Å²) in [6, 6.07) is 6.60. The van der Waals surface area contributed by atoms with Gasteiger partial charge in [-0.1, -0.05) is 0 Å². The van der Waals surface area contributed by atoms with Crippen LogP contribution in [0.3, 0.4) is 0 Å². The van der Waals surface area contributed by atoms with Gasteiger partial charge in [0.15, 0.2) is 0 Å². The molecule has 0 unspecified atom stereocenters. The lowest BCUT2D eigenvalue weighted by atomic mass is 10.1. The molecular weight excluding hydrogens is 250 g/mol. The van der Waals surface area contributed by atoms with Crippen LogP contribution in [-0.2, 0) is 4.74 Å². The molecular formula is C13H19NO3S. The van der Waals surface area contributed by atoms with Crippen LogP contribution in [0.15, 0.2) is 24.3 Å². The zero-order valence-corrected chi connectivity index (χ0v) is 11.8. The Hall–Kier alpha value is -1.36. The fourth-order valence-corrected chi connectivity index (χ4v) is 1.97. The third kappa shape index (κ3) is 5.31. The van der Waals surface area contributed by atoms with E-state index in [4.69, 9.17) is 15.2 Å². The van der Waals surface area contributed by atoms with Gasteiger partial charge in [-0.15, -0.1) is 0 Å². The van der Waals surface area contributed by atoms with Gasteiger partial charge in [0, 0.05) is 5.69 Å². The Morgan fingerprint density at radius 1 is 1.33 bits per heavy atom. The fraction of sp³-hybridized carbons (Fsp3) is 0.462. The van der Waals surface area contributed by atoms with Crippen LogP contribution >= 0.6 is 11.8 Å². The van der Waals surface area contributed by atoms with Gasteiger partial charge in [0.2, 0.25) is 0 Å². The molecule has 100 valence electrons. The van der Waals surface area contributed by atoms with Crippen LogP contribution in [0.5, 0.6) is 5.75 Å². The second-order valence-corrected chi connectivity index (χ2v) is 5.51. The van der Waals surface area contributed by atoms with Gasteiger partial charge >= 0.3 is 6.16 Å². The molecule has 1 aromatic rings. The summed E-state index contributed by atoms with van der Waals surface area (Å²) in [6.07, 6.45) is 2.11. The molecule has 0 aliphatic rings. The van der Waals surface area contributed by atoms with Crippen molar-refractivity contribution in [2.24, 2.45) is 0 Å². The number of carbonyl (C=O) groups is 1. The molecule has 0 fully saturated rings. The van der Waals surface area contributed by atoms with Gasteiger partial charge in [0.1, 0.15) is 11.4 Å². The predicted molar refractivity (Wildman–Crippen MR) is 75.0 cm³/mol. The van der Waals surface area contributed by atoms with Crippen LogP contribution in [0.25, 0.3) is 0 Å². The summed E-state index contributed by atoms with van der Waals surface area (Å²) in [5, 5.41) is 0. The topological polar surface area (TPSA) is 61.5 Å². The van der Waals surface area contributed by atoms with Gasteiger partial charge in [-0.05, 0) is 56.5 Å². The molecule has 1 rings (SSSR count). The highest BCUT2D eigenvalue weighted by Crippen LogP contribution is 2.19. The average Bonchev–Trinajstić information content (AvgIpc) is 2.29. The minimum Gasteiger partial charge on any atom is -0.428 e. The molecule has 18 heavy (non-hydrogen) atoms. The van der Waals surface area contributed by atoms with E-state index in [9.17, 15) is 4.79 Å². The van der Waals surface area contributed by atoms with E-state index < -0.39 is 11.8 Å². The third-order valence-electron chi connectivity index (χ3n) is 2.35. The Labute approximate surface area is 112 Å². The molecule has 1 aromatic carbocycles. The van der Waals surface area contributed by atoms with Crippen molar-refractivity contribution in [3.8, 4) is 5.75 Å². The molecule has 0 bridgehead atoms. The summed E-state index contributed by atoms with van der Waals surface area (Å²) >= 11 is 1.72. The van der Waals surface area contributed by atoms with E-state index in [1.807, 2.05) is 20.1 Å². The average molecular weight is 269 g/mol.